The average molecular weight is 120 g/mol. The lowest BCUT2D eigenvalue weighted by Crippen LogP contribution is -1.08. The number of hydrogen-bond donors (Lipinski definition) is 0. The lowest BCUT2D eigenvalue weighted by Gasteiger charge is -0.970. The van der Waals surface area contributed by atoms with Gasteiger partial charge in [-0.3, -0.25) is 0 Å². The van der Waals surface area contributed by atoms with E-state index in [0.717, 1.165) is 10.5 Å². The average Bonchev–Trinajstić information content (AvgIpc) is 1.39. The molecule has 0 radical (unpaired) electrons. The van der Waals surface area contributed by atoms with Crippen LogP contribution in [0.15, 0.2) is 0 Å². The van der Waals surface area contributed by atoms with Crippen molar-refractivity contribution in [3.63, 3.8) is 0 Å². The maximum atomic E-state index is 8.50. The first kappa shape index (κ1) is 9.14. The monoisotopic (exact) mass is 120 g/mol. The fourth-order valence-electron chi connectivity index (χ4n) is 0. The number of rotatable bonds is 0. The third kappa shape index (κ3) is 152. The van der Waals surface area contributed by atoms with Crippen molar-refractivity contribution in [3.05, 3.63) is 0 Å². The van der Waals surface area contributed by atoms with E-state index in [1.165, 1.54) is 0 Å². The van der Waals surface area contributed by atoms with Gasteiger partial charge >= 0.3 is 0 Å². The van der Waals surface area contributed by atoms with Crippen LogP contribution in [0.2, 0.25) is 0 Å². The number of carbonyl (C=O) groups excluding carboxylic acids is 2. The van der Waals surface area contributed by atoms with Gasteiger partial charge in [0.25, 0.3) is 0 Å². The summed E-state index contributed by atoms with van der Waals surface area (Å²) < 4.78 is 0. The molecule has 0 aromatic heterocycles. The summed E-state index contributed by atoms with van der Waals surface area (Å²) in [5.74, 6) is 0. The van der Waals surface area contributed by atoms with E-state index in [-0.39, 0.29) is 0 Å². The highest BCUT2D eigenvalue weighted by molar-refractivity contribution is 7.78. The van der Waals surface area contributed by atoms with Crippen molar-refractivity contribution in [2.45, 2.75) is 0 Å². The van der Waals surface area contributed by atoms with Crippen LogP contribution in [0.25, 0.3) is 0 Å². The molecule has 0 aromatic carbocycles. The summed E-state index contributed by atoms with van der Waals surface area (Å²) in [5.41, 5.74) is 0. The summed E-state index contributed by atoms with van der Waals surface area (Å²) in [7, 11) is 0. The van der Waals surface area contributed by atoms with Crippen LogP contribution in [0, 0.1) is 0 Å². The maximum Gasteiger partial charge on any atom is 0.202 e. The zero-order chi connectivity index (χ0) is 5.41. The Morgan fingerprint density at radius 3 is 1.00 bits per heavy atom. The minimum Gasteiger partial charge on any atom is -0.220 e. The highest BCUT2D eigenvalue weighted by Crippen LogP contribution is 1.14. The molecule has 2 nitrogen and oxygen atoms in total. The van der Waals surface area contributed by atoms with E-state index in [4.69, 9.17) is 9.59 Å². The molecule has 0 aliphatic rings. The van der Waals surface area contributed by atoms with Crippen LogP contribution in [-0.2, 0) is 9.59 Å². The van der Waals surface area contributed by atoms with Gasteiger partial charge in [-0.15, -0.1) is 0 Å². The van der Waals surface area contributed by atoms with Gasteiger partial charge in [-0.05, 0) is 0 Å². The standard InChI is InChI=1S/2COS/c2*2-1-3. The molecular weight excluding hydrogens is 120 g/mol. The summed E-state index contributed by atoms with van der Waals surface area (Å²) >= 11 is 7.18. The van der Waals surface area contributed by atoms with Crippen molar-refractivity contribution in [2.24, 2.45) is 0 Å². The van der Waals surface area contributed by atoms with Crippen LogP contribution in [0.4, 0.5) is 0 Å². The molecule has 32 valence electrons. The lowest BCUT2D eigenvalue weighted by molar-refractivity contribution is 0.571. The maximum absolute atomic E-state index is 8.50. The Morgan fingerprint density at radius 1 is 1.00 bits per heavy atom. The second-order valence-electron chi connectivity index (χ2n) is 0.167. The van der Waals surface area contributed by atoms with E-state index in [2.05, 4.69) is 24.4 Å². The molecule has 0 heterocycles. The lowest BCUT2D eigenvalue weighted by atomic mass is 11.9. The van der Waals surface area contributed by atoms with Crippen LogP contribution < -0.4 is 0 Å². The molecule has 0 unspecified atom stereocenters. The minimum atomic E-state index is 1.08. The quantitative estimate of drug-likeness (QED) is 0.436. The molecule has 0 rings (SSSR count). The Balaban J connectivity index is 0. The molecule has 0 atom stereocenters. The van der Waals surface area contributed by atoms with E-state index >= 15 is 0 Å². The van der Waals surface area contributed by atoms with Crippen molar-refractivity contribution >= 4 is 34.9 Å². The molecule has 0 bridgehead atoms. The van der Waals surface area contributed by atoms with E-state index in [0.29, 0.717) is 0 Å². The van der Waals surface area contributed by atoms with Gasteiger partial charge in [0, 0.05) is 24.4 Å². The SMILES string of the molecule is O=C=S.O=C=S. The van der Waals surface area contributed by atoms with Gasteiger partial charge in [0.15, 0.2) is 0 Å². The van der Waals surface area contributed by atoms with Crippen LogP contribution in [-0.4, -0.2) is 10.5 Å². The number of thiocarbonyl (C=S) groups is 2. The molecule has 0 saturated carbocycles. The van der Waals surface area contributed by atoms with E-state index in [1.807, 2.05) is 0 Å². The molecule has 0 N–H and O–H groups in total. The second kappa shape index (κ2) is 23.3. The zero-order valence-electron chi connectivity index (χ0n) is 2.63. The van der Waals surface area contributed by atoms with Gasteiger partial charge in [0.05, 0.1) is 0 Å². The highest BCUT2D eigenvalue weighted by atomic mass is 32.1. The van der Waals surface area contributed by atoms with Crippen molar-refractivity contribution in [3.8, 4) is 0 Å². The summed E-state index contributed by atoms with van der Waals surface area (Å²) in [5, 5.41) is 2.17. The van der Waals surface area contributed by atoms with Gasteiger partial charge in [-0.2, -0.15) is 0 Å². The third-order valence-corrected chi connectivity index (χ3v) is 0. The largest absolute Gasteiger partial charge is 0.220 e. The normalized spacial score (nSPS) is 2.67. The zero-order valence-corrected chi connectivity index (χ0v) is 4.27. The summed E-state index contributed by atoms with van der Waals surface area (Å²) in [6.07, 6.45) is 0. The van der Waals surface area contributed by atoms with Crippen LogP contribution >= 0.6 is 24.4 Å². The van der Waals surface area contributed by atoms with Gasteiger partial charge in [-0.25, -0.2) is 9.59 Å². The molecule has 0 amide bonds. The molecule has 0 aliphatic heterocycles. The van der Waals surface area contributed by atoms with Crippen molar-refractivity contribution in [1.82, 2.24) is 0 Å². The van der Waals surface area contributed by atoms with E-state index in [9.17, 15) is 0 Å². The smallest absolute Gasteiger partial charge is 0.202 e. The van der Waals surface area contributed by atoms with Crippen LogP contribution in [0.5, 0.6) is 0 Å². The van der Waals surface area contributed by atoms with Crippen molar-refractivity contribution in [2.75, 3.05) is 0 Å². The first-order chi connectivity index (χ1) is 2.83. The Morgan fingerprint density at radius 2 is 1.00 bits per heavy atom. The Labute approximate surface area is 45.2 Å². The predicted octanol–water partition coefficient (Wildman–Crippen LogP) is 0.502. The summed E-state index contributed by atoms with van der Waals surface area (Å²) in [6, 6.07) is 0. The molecule has 0 spiro atoms. The first-order valence-electron chi connectivity index (χ1n) is 0.816. The molecule has 6 heavy (non-hydrogen) atoms. The van der Waals surface area contributed by atoms with Gasteiger partial charge in [0.2, 0.25) is 10.5 Å². The number of hydrogen-bond acceptors (Lipinski definition) is 4. The van der Waals surface area contributed by atoms with Crippen molar-refractivity contribution < 1.29 is 9.59 Å². The van der Waals surface area contributed by atoms with E-state index in [1.54, 1.807) is 0 Å². The van der Waals surface area contributed by atoms with Gasteiger partial charge in [0.1, 0.15) is 0 Å². The third-order valence-electron chi connectivity index (χ3n) is 0. The predicted molar refractivity (Wildman–Crippen MR) is 26.6 cm³/mol. The molecule has 0 aromatic rings. The Hall–Kier alpha value is -0.400. The fraction of sp³-hybridized carbons (Fsp3) is 0. The van der Waals surface area contributed by atoms with Crippen LogP contribution in [0.1, 0.15) is 0 Å². The molecule has 4 heteroatoms. The summed E-state index contributed by atoms with van der Waals surface area (Å²) in [4.78, 5) is 17.0. The molecule has 0 aliphatic carbocycles. The Kier molecular flexibility index (Phi) is 35.5. The second-order valence-corrected chi connectivity index (χ2v) is 0.500. The minimum absolute atomic E-state index is 1.08. The van der Waals surface area contributed by atoms with Gasteiger partial charge < -0.3 is 0 Å². The first-order valence-corrected chi connectivity index (χ1v) is 1.63. The fourth-order valence-corrected chi connectivity index (χ4v) is 0. The van der Waals surface area contributed by atoms with E-state index < -0.39 is 0 Å². The van der Waals surface area contributed by atoms with Crippen molar-refractivity contribution in [1.29, 1.82) is 0 Å². The molecule has 0 fully saturated rings. The topological polar surface area (TPSA) is 34.1 Å². The van der Waals surface area contributed by atoms with Gasteiger partial charge in [-0.1, -0.05) is 0 Å². The highest BCUT2D eigenvalue weighted by Gasteiger charge is 1.07. The van der Waals surface area contributed by atoms with Crippen LogP contribution in [0.3, 0.4) is 0 Å². The summed E-state index contributed by atoms with van der Waals surface area (Å²) in [6.45, 7) is 0. The molecular formula is C2O2S2. The Bertz CT molecular complexity index is 63.5. The molecule has 0 saturated heterocycles.